The number of hydrogen-bond donors (Lipinski definition) is 0. The van der Waals surface area contributed by atoms with Crippen LogP contribution in [0.1, 0.15) is 30.0 Å². The summed E-state index contributed by atoms with van der Waals surface area (Å²) in [6.07, 6.45) is 4.61. The van der Waals surface area contributed by atoms with Gasteiger partial charge < -0.3 is 0 Å². The van der Waals surface area contributed by atoms with Crippen LogP contribution < -0.4 is 0 Å². The summed E-state index contributed by atoms with van der Waals surface area (Å²) in [5.41, 5.74) is 4.19. The van der Waals surface area contributed by atoms with Crippen LogP contribution in [0.2, 0.25) is 0 Å². The van der Waals surface area contributed by atoms with E-state index in [0.29, 0.717) is 5.03 Å². The fourth-order valence-electron chi connectivity index (χ4n) is 2.83. The minimum atomic E-state index is 0.706. The Labute approximate surface area is 153 Å². The van der Waals surface area contributed by atoms with E-state index in [9.17, 15) is 0 Å². The number of pyridine rings is 1. The average Bonchev–Trinajstić information content (AvgIpc) is 2.63. The monoisotopic (exact) mass is 348 g/mol. The van der Waals surface area contributed by atoms with Gasteiger partial charge in [0.15, 0.2) is 5.82 Å². The predicted molar refractivity (Wildman–Crippen MR) is 109 cm³/mol. The van der Waals surface area contributed by atoms with Crippen molar-refractivity contribution in [3.63, 3.8) is 0 Å². The van der Waals surface area contributed by atoms with E-state index in [1.807, 2.05) is 42.6 Å². The Kier molecular flexibility index (Phi) is 5.30. The fraction of sp³-hybridized carbons (Fsp3) is 0.182. The van der Waals surface area contributed by atoms with E-state index in [1.165, 1.54) is 5.39 Å². The van der Waals surface area contributed by atoms with Gasteiger partial charge in [-0.1, -0.05) is 67.1 Å². The first-order valence-corrected chi connectivity index (χ1v) is 8.83. The first-order chi connectivity index (χ1) is 12.1. The first kappa shape index (κ1) is 17.4. The van der Waals surface area contributed by atoms with Gasteiger partial charge in [-0.3, -0.25) is 0 Å². The Morgan fingerprint density at radius 2 is 1.80 bits per heavy atom. The number of nitrogens with zero attached hydrogens (tertiary/aromatic N) is 2. The van der Waals surface area contributed by atoms with Crippen LogP contribution in [-0.4, -0.2) is 10.7 Å². The maximum Gasteiger partial charge on any atom is 0.155 e. The first-order valence-electron chi connectivity index (χ1n) is 8.45. The van der Waals surface area contributed by atoms with Crippen LogP contribution in [0, 0.1) is 13.8 Å². The maximum atomic E-state index is 6.55. The summed E-state index contributed by atoms with van der Waals surface area (Å²) in [4.78, 5) is 9.30. The quantitative estimate of drug-likeness (QED) is 0.487. The Bertz CT molecular complexity index is 971. The molecular weight excluding hydrogens is 328 g/mol. The lowest BCUT2D eigenvalue weighted by Crippen LogP contribution is -1.94. The van der Waals surface area contributed by atoms with Crippen LogP contribution in [0.15, 0.2) is 65.8 Å². The predicted octanol–water partition coefficient (Wildman–Crippen LogP) is 6.61. The normalized spacial score (nSPS) is 12.6. The van der Waals surface area contributed by atoms with Crippen molar-refractivity contribution in [1.29, 1.82) is 0 Å². The summed E-state index contributed by atoms with van der Waals surface area (Å²) < 4.78 is 0. The molecule has 25 heavy (non-hydrogen) atoms. The lowest BCUT2D eigenvalue weighted by atomic mass is 10.1. The highest BCUT2D eigenvalue weighted by atomic mass is 35.5. The van der Waals surface area contributed by atoms with E-state index in [1.54, 1.807) is 0 Å². The van der Waals surface area contributed by atoms with Crippen molar-refractivity contribution < 1.29 is 0 Å². The van der Waals surface area contributed by atoms with Gasteiger partial charge >= 0.3 is 0 Å². The Morgan fingerprint density at radius 3 is 2.56 bits per heavy atom. The second-order valence-electron chi connectivity index (χ2n) is 6.06. The molecule has 0 saturated carbocycles. The maximum absolute atomic E-state index is 6.55. The van der Waals surface area contributed by atoms with Crippen molar-refractivity contribution in [2.24, 2.45) is 4.99 Å². The van der Waals surface area contributed by atoms with Crippen LogP contribution >= 0.6 is 11.6 Å². The van der Waals surface area contributed by atoms with E-state index < -0.39 is 0 Å². The number of fused-ring (bicyclic) bond motifs is 1. The average molecular weight is 349 g/mol. The third kappa shape index (κ3) is 3.80. The molecule has 3 heteroatoms. The summed E-state index contributed by atoms with van der Waals surface area (Å²) in [6, 6.07) is 16.3. The molecule has 0 saturated heterocycles. The van der Waals surface area contributed by atoms with Crippen LogP contribution in [0.3, 0.4) is 0 Å². The molecule has 0 radical (unpaired) electrons. The number of aryl methyl sites for hydroxylation is 2. The smallest absolute Gasteiger partial charge is 0.155 e. The van der Waals surface area contributed by atoms with Crippen molar-refractivity contribution in [3.05, 3.63) is 77.5 Å². The minimum Gasteiger partial charge on any atom is -0.236 e. The summed E-state index contributed by atoms with van der Waals surface area (Å²) >= 11 is 6.55. The van der Waals surface area contributed by atoms with Gasteiger partial charge in [0.2, 0.25) is 0 Å². The fourth-order valence-corrected chi connectivity index (χ4v) is 3.16. The molecule has 0 fully saturated rings. The molecule has 0 N–H and O–H groups in total. The van der Waals surface area contributed by atoms with Gasteiger partial charge in [-0.2, -0.15) is 0 Å². The number of hydrogen-bond acceptors (Lipinski definition) is 2. The van der Waals surface area contributed by atoms with Crippen molar-refractivity contribution in [2.75, 3.05) is 0 Å². The third-order valence-electron chi connectivity index (χ3n) is 4.33. The zero-order valence-corrected chi connectivity index (χ0v) is 15.5. The number of rotatable bonds is 4. The summed E-state index contributed by atoms with van der Waals surface area (Å²) in [5.74, 6) is 0.751. The molecule has 0 aliphatic carbocycles. The molecule has 2 nitrogen and oxygen atoms in total. The number of benzene rings is 2. The topological polar surface area (TPSA) is 25.2 Å². The van der Waals surface area contributed by atoms with Gasteiger partial charge in [0, 0.05) is 27.9 Å². The van der Waals surface area contributed by atoms with E-state index in [0.717, 1.165) is 40.0 Å². The number of aliphatic imine (C=N–C) groups is 1. The van der Waals surface area contributed by atoms with Crippen molar-refractivity contribution in [2.45, 2.75) is 27.2 Å². The molecule has 0 unspecified atom stereocenters. The van der Waals surface area contributed by atoms with Gasteiger partial charge in [0.25, 0.3) is 0 Å². The molecule has 0 atom stereocenters. The van der Waals surface area contributed by atoms with Gasteiger partial charge in [-0.15, -0.1) is 0 Å². The van der Waals surface area contributed by atoms with Gasteiger partial charge in [-0.05, 0) is 42.9 Å². The summed E-state index contributed by atoms with van der Waals surface area (Å²) in [5, 5.41) is 3.02. The number of allylic oxidation sites excluding steroid dienone is 1. The van der Waals surface area contributed by atoms with E-state index >= 15 is 0 Å². The van der Waals surface area contributed by atoms with Gasteiger partial charge in [0.1, 0.15) is 0 Å². The number of halogens is 1. The highest BCUT2D eigenvalue weighted by Crippen LogP contribution is 2.27. The van der Waals surface area contributed by atoms with Crippen molar-refractivity contribution in [3.8, 4) is 0 Å². The molecule has 1 heterocycles. The van der Waals surface area contributed by atoms with Crippen LogP contribution in [0.4, 0.5) is 5.82 Å². The molecule has 0 aliphatic rings. The summed E-state index contributed by atoms with van der Waals surface area (Å²) in [7, 11) is 0. The van der Waals surface area contributed by atoms with Crippen molar-refractivity contribution >= 4 is 38.9 Å². The number of aromatic nitrogens is 1. The molecule has 0 bridgehead atoms. The Morgan fingerprint density at radius 1 is 1.08 bits per heavy atom. The largest absolute Gasteiger partial charge is 0.236 e. The standard InChI is InChI=1S/C22H21ClN2/c1-4-18(13-21(23)19-11-7-5-9-15(19)2)25-22-16(3)20-12-8-6-10-17(20)14-24-22/h5-14H,4H2,1-3H3/b21-13+,25-18?. The van der Waals surface area contributed by atoms with E-state index in [4.69, 9.17) is 16.6 Å². The van der Waals surface area contributed by atoms with Crippen LogP contribution in [0.25, 0.3) is 15.8 Å². The molecular formula is C22H21ClN2. The SMILES string of the molecule is CCC(/C=C(/Cl)c1ccccc1C)=Nc1ncc2ccccc2c1C. The zero-order valence-electron chi connectivity index (χ0n) is 14.8. The lowest BCUT2D eigenvalue weighted by molar-refractivity contribution is 1.22. The highest BCUT2D eigenvalue weighted by molar-refractivity contribution is 6.50. The summed E-state index contributed by atoms with van der Waals surface area (Å²) in [6.45, 7) is 6.20. The minimum absolute atomic E-state index is 0.706. The second-order valence-corrected chi connectivity index (χ2v) is 6.47. The third-order valence-corrected chi connectivity index (χ3v) is 4.65. The van der Waals surface area contributed by atoms with E-state index in [2.05, 4.69) is 44.0 Å². The molecule has 1 aromatic heterocycles. The Balaban J connectivity index is 2.02. The van der Waals surface area contributed by atoms with Crippen LogP contribution in [-0.2, 0) is 0 Å². The van der Waals surface area contributed by atoms with Crippen LogP contribution in [0.5, 0.6) is 0 Å². The van der Waals surface area contributed by atoms with E-state index in [-0.39, 0.29) is 0 Å². The lowest BCUT2D eigenvalue weighted by Gasteiger charge is -2.07. The molecule has 126 valence electrons. The molecule has 2 aromatic carbocycles. The van der Waals surface area contributed by atoms with Gasteiger partial charge in [0.05, 0.1) is 0 Å². The molecule has 0 spiro atoms. The van der Waals surface area contributed by atoms with Crippen molar-refractivity contribution in [1.82, 2.24) is 4.98 Å². The second kappa shape index (κ2) is 7.62. The molecule has 0 amide bonds. The molecule has 3 rings (SSSR count). The van der Waals surface area contributed by atoms with Gasteiger partial charge in [-0.25, -0.2) is 9.98 Å². The Hall–Kier alpha value is -2.45. The highest BCUT2D eigenvalue weighted by Gasteiger charge is 2.07. The zero-order chi connectivity index (χ0) is 17.8. The molecule has 3 aromatic rings. The molecule has 0 aliphatic heterocycles.